The zero-order valence-electron chi connectivity index (χ0n) is 16.3. The van der Waals surface area contributed by atoms with Gasteiger partial charge in [0, 0.05) is 26.6 Å². The van der Waals surface area contributed by atoms with E-state index in [-0.39, 0.29) is 5.91 Å². The standard InChI is InChI=1S/C22H18IN5O2/c1-14-13-15(2)28(27-14)20-11-12-21(26-25-20)30-19-9-7-18(8-10-19)24-22(29)16-3-5-17(23)6-4-16/h3-13H,1-2H3,(H,24,29). The number of carbonyl (C=O) groups excluding carboxylic acids is 1. The number of aromatic nitrogens is 4. The van der Waals surface area contributed by atoms with E-state index in [1.54, 1.807) is 53.2 Å². The quantitative estimate of drug-likeness (QED) is 0.385. The first-order valence-electron chi connectivity index (χ1n) is 9.20. The Labute approximate surface area is 187 Å². The molecule has 1 amide bonds. The van der Waals surface area contributed by atoms with Crippen molar-refractivity contribution in [1.29, 1.82) is 0 Å². The van der Waals surface area contributed by atoms with Crippen molar-refractivity contribution in [2.24, 2.45) is 0 Å². The number of nitrogens with one attached hydrogen (secondary N) is 1. The summed E-state index contributed by atoms with van der Waals surface area (Å²) < 4.78 is 8.56. The number of aryl methyl sites for hydroxylation is 2. The smallest absolute Gasteiger partial charge is 0.255 e. The molecule has 7 nitrogen and oxygen atoms in total. The summed E-state index contributed by atoms with van der Waals surface area (Å²) in [5.41, 5.74) is 3.19. The topological polar surface area (TPSA) is 81.9 Å². The predicted molar refractivity (Wildman–Crippen MR) is 122 cm³/mol. The zero-order chi connectivity index (χ0) is 21.1. The number of hydrogen-bond acceptors (Lipinski definition) is 5. The molecule has 0 aliphatic carbocycles. The Morgan fingerprint density at radius 1 is 0.967 bits per heavy atom. The normalized spacial score (nSPS) is 10.6. The van der Waals surface area contributed by atoms with E-state index in [9.17, 15) is 4.79 Å². The van der Waals surface area contributed by atoms with Gasteiger partial charge in [-0.1, -0.05) is 0 Å². The van der Waals surface area contributed by atoms with Crippen LogP contribution in [-0.4, -0.2) is 25.9 Å². The van der Waals surface area contributed by atoms with Gasteiger partial charge >= 0.3 is 0 Å². The predicted octanol–water partition coefficient (Wildman–Crippen LogP) is 4.93. The van der Waals surface area contributed by atoms with Crippen LogP contribution in [0.1, 0.15) is 21.7 Å². The van der Waals surface area contributed by atoms with Crippen LogP contribution in [0.4, 0.5) is 5.69 Å². The fraction of sp³-hybridized carbons (Fsp3) is 0.0909. The average Bonchev–Trinajstić information content (AvgIpc) is 3.08. The van der Waals surface area contributed by atoms with E-state index in [2.05, 4.69) is 43.2 Å². The van der Waals surface area contributed by atoms with Crippen LogP contribution in [0.2, 0.25) is 0 Å². The Kier molecular flexibility index (Phi) is 5.75. The molecule has 0 aliphatic heterocycles. The Bertz CT molecular complexity index is 1170. The van der Waals surface area contributed by atoms with Crippen molar-refractivity contribution in [1.82, 2.24) is 20.0 Å². The summed E-state index contributed by atoms with van der Waals surface area (Å²) in [6.07, 6.45) is 0. The number of amides is 1. The van der Waals surface area contributed by atoms with Gasteiger partial charge in [0.15, 0.2) is 5.82 Å². The number of halogens is 1. The Morgan fingerprint density at radius 3 is 2.30 bits per heavy atom. The first-order chi connectivity index (χ1) is 14.5. The van der Waals surface area contributed by atoms with Crippen LogP contribution in [0.15, 0.2) is 66.7 Å². The molecule has 1 N–H and O–H groups in total. The minimum absolute atomic E-state index is 0.161. The maximum absolute atomic E-state index is 12.3. The van der Waals surface area contributed by atoms with Crippen LogP contribution in [-0.2, 0) is 0 Å². The molecule has 0 fully saturated rings. The number of benzene rings is 2. The van der Waals surface area contributed by atoms with E-state index < -0.39 is 0 Å². The molecular formula is C22H18IN5O2. The summed E-state index contributed by atoms with van der Waals surface area (Å²) in [7, 11) is 0. The van der Waals surface area contributed by atoms with Crippen LogP contribution in [0.3, 0.4) is 0 Å². The fourth-order valence-electron chi connectivity index (χ4n) is 2.87. The minimum Gasteiger partial charge on any atom is -0.438 e. The molecule has 2 aromatic carbocycles. The third-order valence-corrected chi connectivity index (χ3v) is 5.01. The third kappa shape index (κ3) is 4.65. The molecule has 0 spiro atoms. The molecule has 0 saturated heterocycles. The van der Waals surface area contributed by atoms with E-state index >= 15 is 0 Å². The van der Waals surface area contributed by atoms with Crippen LogP contribution in [0, 0.1) is 17.4 Å². The van der Waals surface area contributed by atoms with Gasteiger partial charge < -0.3 is 10.1 Å². The van der Waals surface area contributed by atoms with Gasteiger partial charge in [0.2, 0.25) is 5.88 Å². The van der Waals surface area contributed by atoms with Crippen molar-refractivity contribution in [3.8, 4) is 17.4 Å². The summed E-state index contributed by atoms with van der Waals surface area (Å²) in [4.78, 5) is 12.3. The van der Waals surface area contributed by atoms with Crippen LogP contribution in [0.5, 0.6) is 11.6 Å². The van der Waals surface area contributed by atoms with Crippen LogP contribution >= 0.6 is 22.6 Å². The summed E-state index contributed by atoms with van der Waals surface area (Å²) in [5, 5.41) is 15.6. The van der Waals surface area contributed by atoms with Gasteiger partial charge in [-0.3, -0.25) is 4.79 Å². The fourth-order valence-corrected chi connectivity index (χ4v) is 3.23. The summed E-state index contributed by atoms with van der Waals surface area (Å²) in [5.74, 6) is 1.43. The van der Waals surface area contributed by atoms with Crippen LogP contribution < -0.4 is 10.1 Å². The molecule has 0 unspecified atom stereocenters. The van der Waals surface area contributed by atoms with Gasteiger partial charge in [0.1, 0.15) is 5.75 Å². The summed E-state index contributed by atoms with van der Waals surface area (Å²) >= 11 is 2.20. The molecule has 30 heavy (non-hydrogen) atoms. The molecule has 8 heteroatoms. The molecule has 0 radical (unpaired) electrons. The molecule has 2 aromatic heterocycles. The van der Waals surface area contributed by atoms with Gasteiger partial charge in [-0.15, -0.1) is 10.2 Å². The molecular weight excluding hydrogens is 493 g/mol. The van der Waals surface area contributed by atoms with Gasteiger partial charge in [0.05, 0.1) is 5.69 Å². The summed E-state index contributed by atoms with van der Waals surface area (Å²) in [6.45, 7) is 3.89. The van der Waals surface area contributed by atoms with Crippen molar-refractivity contribution in [3.63, 3.8) is 0 Å². The Morgan fingerprint density at radius 2 is 1.70 bits per heavy atom. The highest BCUT2D eigenvalue weighted by Crippen LogP contribution is 2.22. The lowest BCUT2D eigenvalue weighted by Crippen LogP contribution is -2.11. The molecule has 0 aliphatic rings. The largest absolute Gasteiger partial charge is 0.438 e. The SMILES string of the molecule is Cc1cc(C)n(-c2ccc(Oc3ccc(NC(=O)c4ccc(I)cc4)cc3)nn2)n1. The first-order valence-corrected chi connectivity index (χ1v) is 10.3. The number of nitrogens with zero attached hydrogens (tertiary/aromatic N) is 4. The highest BCUT2D eigenvalue weighted by atomic mass is 127. The molecule has 0 saturated carbocycles. The van der Waals surface area contributed by atoms with E-state index in [4.69, 9.17) is 4.74 Å². The number of carbonyl (C=O) groups is 1. The second-order valence-electron chi connectivity index (χ2n) is 6.66. The molecule has 4 rings (SSSR count). The molecule has 2 heterocycles. The second kappa shape index (κ2) is 8.62. The molecule has 0 bridgehead atoms. The number of anilines is 1. The van der Waals surface area contributed by atoms with E-state index in [0.717, 1.165) is 15.0 Å². The van der Waals surface area contributed by atoms with Gasteiger partial charge in [-0.25, -0.2) is 4.68 Å². The van der Waals surface area contributed by atoms with Gasteiger partial charge in [-0.2, -0.15) is 5.10 Å². The zero-order valence-corrected chi connectivity index (χ0v) is 18.5. The average molecular weight is 511 g/mol. The van der Waals surface area contributed by atoms with Crippen molar-refractivity contribution in [2.75, 3.05) is 5.32 Å². The number of ether oxygens (including phenoxy) is 1. The molecule has 4 aromatic rings. The Balaban J connectivity index is 1.40. The molecule has 0 atom stereocenters. The van der Waals surface area contributed by atoms with E-state index in [1.165, 1.54) is 0 Å². The van der Waals surface area contributed by atoms with E-state index in [1.807, 2.05) is 32.0 Å². The van der Waals surface area contributed by atoms with Gasteiger partial charge in [-0.05, 0) is 97.1 Å². The number of hydrogen-bond donors (Lipinski definition) is 1. The van der Waals surface area contributed by atoms with Crippen molar-refractivity contribution in [2.45, 2.75) is 13.8 Å². The number of rotatable bonds is 5. The monoisotopic (exact) mass is 511 g/mol. The third-order valence-electron chi connectivity index (χ3n) is 4.29. The maximum atomic E-state index is 12.3. The summed E-state index contributed by atoms with van der Waals surface area (Å²) in [6, 6.07) is 20.0. The van der Waals surface area contributed by atoms with Crippen molar-refractivity contribution >= 4 is 34.2 Å². The van der Waals surface area contributed by atoms with Crippen molar-refractivity contribution < 1.29 is 9.53 Å². The molecule has 150 valence electrons. The Hall–Kier alpha value is -3.27. The lowest BCUT2D eigenvalue weighted by Gasteiger charge is -2.08. The second-order valence-corrected chi connectivity index (χ2v) is 7.90. The highest BCUT2D eigenvalue weighted by molar-refractivity contribution is 14.1. The maximum Gasteiger partial charge on any atom is 0.255 e. The van der Waals surface area contributed by atoms with Gasteiger partial charge in [0.25, 0.3) is 5.91 Å². The lowest BCUT2D eigenvalue weighted by atomic mass is 10.2. The van der Waals surface area contributed by atoms with Crippen LogP contribution in [0.25, 0.3) is 5.82 Å². The van der Waals surface area contributed by atoms with Crippen molar-refractivity contribution in [3.05, 3.63) is 87.3 Å². The minimum atomic E-state index is -0.161. The lowest BCUT2D eigenvalue weighted by molar-refractivity contribution is 0.102. The highest BCUT2D eigenvalue weighted by Gasteiger charge is 2.08. The first kappa shape index (κ1) is 20.0. The van der Waals surface area contributed by atoms with E-state index in [0.29, 0.717) is 28.7 Å².